The Morgan fingerprint density at radius 3 is 2.59 bits per heavy atom. The van der Waals surface area contributed by atoms with Crippen LogP contribution in [0.1, 0.15) is 24.3 Å². The van der Waals surface area contributed by atoms with E-state index in [0.29, 0.717) is 17.6 Å². The maximum absolute atomic E-state index is 5.83. The van der Waals surface area contributed by atoms with Crippen LogP contribution < -0.4 is 10.5 Å². The minimum Gasteiger partial charge on any atom is -0.439 e. The number of benzene rings is 1. The van der Waals surface area contributed by atoms with Gasteiger partial charge in [-0.1, -0.05) is 0 Å². The van der Waals surface area contributed by atoms with Crippen molar-refractivity contribution in [3.63, 3.8) is 0 Å². The summed E-state index contributed by atoms with van der Waals surface area (Å²) in [4.78, 5) is 8.29. The number of anilines is 1. The Hall–Kier alpha value is -2.82. The van der Waals surface area contributed by atoms with E-state index in [9.17, 15) is 0 Å². The average molecular weight is 292 g/mol. The van der Waals surface area contributed by atoms with Gasteiger partial charge in [-0.05, 0) is 54.7 Å². The molecule has 1 fully saturated rings. The topological polar surface area (TPSA) is 66.0 Å². The standard InChI is InChI=1S/C17H16N4O/c18-16-10-21(11-20-16)14-3-5-15(6-4-14)22-17-9-13(7-8-19-17)12-1-2-12/h3-12H,1-2,18H2. The first-order valence-electron chi connectivity index (χ1n) is 7.32. The third-order valence-corrected chi connectivity index (χ3v) is 3.77. The smallest absolute Gasteiger partial charge is 0.219 e. The number of ether oxygens (including phenoxy) is 1. The van der Waals surface area contributed by atoms with E-state index in [-0.39, 0.29) is 0 Å². The quantitative estimate of drug-likeness (QED) is 0.799. The molecule has 4 rings (SSSR count). The van der Waals surface area contributed by atoms with Crippen molar-refractivity contribution in [3.8, 4) is 17.3 Å². The number of rotatable bonds is 4. The van der Waals surface area contributed by atoms with Gasteiger partial charge in [0.05, 0.1) is 6.20 Å². The molecule has 0 saturated heterocycles. The monoisotopic (exact) mass is 292 g/mol. The summed E-state index contributed by atoms with van der Waals surface area (Å²) in [6.07, 6.45) is 7.81. The van der Waals surface area contributed by atoms with Crippen molar-refractivity contribution in [2.45, 2.75) is 18.8 Å². The molecule has 5 nitrogen and oxygen atoms in total. The predicted molar refractivity (Wildman–Crippen MR) is 84.3 cm³/mol. The lowest BCUT2D eigenvalue weighted by molar-refractivity contribution is 0.462. The molecule has 1 aliphatic rings. The molecule has 3 aromatic rings. The van der Waals surface area contributed by atoms with E-state index < -0.39 is 0 Å². The van der Waals surface area contributed by atoms with Crippen LogP contribution in [0.25, 0.3) is 5.69 Å². The Labute approximate surface area is 128 Å². The van der Waals surface area contributed by atoms with Crippen molar-refractivity contribution in [3.05, 3.63) is 60.7 Å². The zero-order chi connectivity index (χ0) is 14.9. The van der Waals surface area contributed by atoms with Gasteiger partial charge >= 0.3 is 0 Å². The van der Waals surface area contributed by atoms with Gasteiger partial charge in [0.25, 0.3) is 0 Å². The lowest BCUT2D eigenvalue weighted by atomic mass is 10.2. The van der Waals surface area contributed by atoms with Crippen molar-refractivity contribution in [2.75, 3.05) is 5.73 Å². The Bertz CT molecular complexity index is 790. The van der Waals surface area contributed by atoms with Crippen molar-refractivity contribution < 1.29 is 4.74 Å². The Balaban J connectivity index is 1.52. The number of pyridine rings is 1. The lowest BCUT2D eigenvalue weighted by Crippen LogP contribution is -1.92. The molecule has 0 spiro atoms. The molecule has 2 aromatic heterocycles. The van der Waals surface area contributed by atoms with E-state index in [4.69, 9.17) is 10.5 Å². The first kappa shape index (κ1) is 12.9. The second-order valence-corrected chi connectivity index (χ2v) is 5.50. The van der Waals surface area contributed by atoms with Gasteiger partial charge in [-0.15, -0.1) is 0 Å². The minimum atomic E-state index is 0.501. The van der Waals surface area contributed by atoms with Crippen molar-refractivity contribution in [1.29, 1.82) is 0 Å². The second kappa shape index (κ2) is 5.18. The number of nitrogens with two attached hydrogens (primary N) is 1. The summed E-state index contributed by atoms with van der Waals surface area (Å²) in [5.41, 5.74) is 7.92. The molecule has 1 saturated carbocycles. The zero-order valence-corrected chi connectivity index (χ0v) is 12.0. The summed E-state index contributed by atoms with van der Waals surface area (Å²) >= 11 is 0. The van der Waals surface area contributed by atoms with Gasteiger partial charge in [0.1, 0.15) is 17.9 Å². The van der Waals surface area contributed by atoms with Gasteiger partial charge in [0, 0.05) is 18.0 Å². The third kappa shape index (κ3) is 2.65. The van der Waals surface area contributed by atoms with Crippen LogP contribution >= 0.6 is 0 Å². The molecule has 110 valence electrons. The molecule has 0 radical (unpaired) electrons. The normalized spacial score (nSPS) is 14.0. The minimum absolute atomic E-state index is 0.501. The fourth-order valence-corrected chi connectivity index (χ4v) is 2.44. The van der Waals surface area contributed by atoms with Crippen LogP contribution in [0.4, 0.5) is 5.82 Å². The highest BCUT2D eigenvalue weighted by atomic mass is 16.5. The van der Waals surface area contributed by atoms with Crippen LogP contribution in [0.3, 0.4) is 0 Å². The van der Waals surface area contributed by atoms with Gasteiger partial charge in [-0.3, -0.25) is 0 Å². The summed E-state index contributed by atoms with van der Waals surface area (Å²) in [5, 5.41) is 0. The van der Waals surface area contributed by atoms with Crippen molar-refractivity contribution in [1.82, 2.24) is 14.5 Å². The van der Waals surface area contributed by atoms with E-state index in [2.05, 4.69) is 16.0 Å². The van der Waals surface area contributed by atoms with Gasteiger partial charge in [0.15, 0.2) is 0 Å². The first-order valence-corrected chi connectivity index (χ1v) is 7.32. The third-order valence-electron chi connectivity index (χ3n) is 3.77. The number of nitrogens with zero attached hydrogens (tertiary/aromatic N) is 3. The maximum atomic E-state index is 5.83. The number of hydrogen-bond acceptors (Lipinski definition) is 4. The molecule has 0 aliphatic heterocycles. The molecule has 5 heteroatoms. The highest BCUT2D eigenvalue weighted by Crippen LogP contribution is 2.40. The Morgan fingerprint density at radius 1 is 1.09 bits per heavy atom. The Morgan fingerprint density at radius 2 is 1.91 bits per heavy atom. The zero-order valence-electron chi connectivity index (χ0n) is 12.0. The van der Waals surface area contributed by atoms with E-state index in [1.54, 1.807) is 12.5 Å². The van der Waals surface area contributed by atoms with Crippen LogP contribution in [0.15, 0.2) is 55.1 Å². The number of hydrogen-bond donors (Lipinski definition) is 1. The number of imidazole rings is 1. The fraction of sp³-hybridized carbons (Fsp3) is 0.176. The largest absolute Gasteiger partial charge is 0.439 e. The van der Waals surface area contributed by atoms with Crippen LogP contribution in [-0.4, -0.2) is 14.5 Å². The highest BCUT2D eigenvalue weighted by molar-refractivity contribution is 5.41. The molecule has 2 heterocycles. The first-order chi connectivity index (χ1) is 10.8. The molecular weight excluding hydrogens is 276 g/mol. The molecule has 1 aromatic carbocycles. The predicted octanol–water partition coefficient (Wildman–Crippen LogP) is 3.52. The number of nitrogen functional groups attached to an aromatic ring is 1. The van der Waals surface area contributed by atoms with E-state index in [1.165, 1.54) is 18.4 Å². The fourth-order valence-electron chi connectivity index (χ4n) is 2.44. The summed E-state index contributed by atoms with van der Waals surface area (Å²) in [6.45, 7) is 0. The van der Waals surface area contributed by atoms with Crippen LogP contribution in [0.5, 0.6) is 11.6 Å². The maximum Gasteiger partial charge on any atom is 0.219 e. The Kier molecular flexibility index (Phi) is 3.04. The molecule has 0 bridgehead atoms. The molecule has 0 unspecified atom stereocenters. The van der Waals surface area contributed by atoms with Gasteiger partial charge in [0.2, 0.25) is 5.88 Å². The van der Waals surface area contributed by atoms with Crippen LogP contribution in [-0.2, 0) is 0 Å². The molecule has 22 heavy (non-hydrogen) atoms. The van der Waals surface area contributed by atoms with E-state index in [1.807, 2.05) is 41.1 Å². The van der Waals surface area contributed by atoms with Gasteiger partial charge < -0.3 is 15.0 Å². The summed E-state index contributed by atoms with van der Waals surface area (Å²) < 4.78 is 7.70. The van der Waals surface area contributed by atoms with Crippen molar-refractivity contribution >= 4 is 5.82 Å². The highest BCUT2D eigenvalue weighted by Gasteiger charge is 2.23. The summed E-state index contributed by atoms with van der Waals surface area (Å²) in [5.74, 6) is 2.60. The molecular formula is C17H16N4O. The van der Waals surface area contributed by atoms with Crippen LogP contribution in [0.2, 0.25) is 0 Å². The van der Waals surface area contributed by atoms with Gasteiger partial charge in [-0.2, -0.15) is 0 Å². The second-order valence-electron chi connectivity index (χ2n) is 5.50. The molecule has 0 amide bonds. The van der Waals surface area contributed by atoms with Crippen molar-refractivity contribution in [2.24, 2.45) is 0 Å². The summed E-state index contributed by atoms with van der Waals surface area (Å²) in [6, 6.07) is 11.8. The molecule has 0 atom stereocenters. The lowest BCUT2D eigenvalue weighted by Gasteiger charge is -2.07. The van der Waals surface area contributed by atoms with E-state index >= 15 is 0 Å². The number of aromatic nitrogens is 3. The van der Waals surface area contributed by atoms with Gasteiger partial charge in [-0.25, -0.2) is 9.97 Å². The summed E-state index contributed by atoms with van der Waals surface area (Å²) in [7, 11) is 0. The van der Waals surface area contributed by atoms with Crippen LogP contribution in [0, 0.1) is 0 Å². The molecule has 2 N–H and O–H groups in total. The molecule has 1 aliphatic carbocycles. The SMILES string of the molecule is Nc1cn(-c2ccc(Oc3cc(C4CC4)ccn3)cc2)cn1. The average Bonchev–Trinajstić information content (AvgIpc) is 3.30. The van der Waals surface area contributed by atoms with E-state index in [0.717, 1.165) is 11.4 Å².